The normalized spacial score (nSPS) is 10.3. The summed E-state index contributed by atoms with van der Waals surface area (Å²) in [6.45, 7) is 1.20. The van der Waals surface area contributed by atoms with Gasteiger partial charge in [-0.05, 0) is 36.8 Å². The number of nitrogens with zero attached hydrogens (tertiary/aromatic N) is 3. The third-order valence-corrected chi connectivity index (χ3v) is 7.42. The zero-order valence-corrected chi connectivity index (χ0v) is 33.1. The summed E-state index contributed by atoms with van der Waals surface area (Å²) in [5.41, 5.74) is 1.78. The summed E-state index contributed by atoms with van der Waals surface area (Å²) in [6, 6.07) is 11.4. The lowest BCUT2D eigenvalue weighted by Crippen LogP contribution is -2.37. The van der Waals surface area contributed by atoms with E-state index in [2.05, 4.69) is 18.9 Å². The maximum Gasteiger partial charge on any atom is 0.328 e. The SMILES string of the molecule is COc1cc(N(CC(=O)OCOC(C)=O)CC(=O)OCOC(C)=O)c2nc(COc3cc(C)ccc3N(CC(=O)OCOC(C)=O)CC(=O)OCOC(C)=O)ccc2c1. The van der Waals surface area contributed by atoms with Crippen LogP contribution < -0.4 is 19.3 Å². The van der Waals surface area contributed by atoms with Crippen LogP contribution in [0.15, 0.2) is 42.5 Å². The number of pyridine rings is 1. The third-order valence-electron chi connectivity index (χ3n) is 7.42. The fourth-order valence-corrected chi connectivity index (χ4v) is 4.79. The van der Waals surface area contributed by atoms with E-state index in [1.807, 2.05) is 0 Å². The van der Waals surface area contributed by atoms with Gasteiger partial charge < -0.3 is 57.2 Å². The fraction of sp³-hybridized carbons (Fsp3) is 0.395. The number of aryl methyl sites for hydroxylation is 1. The highest BCUT2D eigenvalue weighted by molar-refractivity contribution is 5.95. The maximum absolute atomic E-state index is 12.9. The Hall–Kier alpha value is -7.19. The molecule has 2 aromatic carbocycles. The molecule has 0 N–H and O–H groups in total. The van der Waals surface area contributed by atoms with Crippen molar-refractivity contribution in [3.05, 3.63) is 53.7 Å². The van der Waals surface area contributed by atoms with Crippen LogP contribution in [0.2, 0.25) is 0 Å². The van der Waals surface area contributed by atoms with Crippen LogP contribution in [0.25, 0.3) is 10.9 Å². The minimum atomic E-state index is -0.892. The van der Waals surface area contributed by atoms with E-state index < -0.39 is 101 Å². The summed E-state index contributed by atoms with van der Waals surface area (Å²) in [4.78, 5) is 103. The van der Waals surface area contributed by atoms with E-state index in [-0.39, 0.29) is 29.2 Å². The number of esters is 8. The molecule has 0 aliphatic rings. The van der Waals surface area contributed by atoms with Crippen molar-refractivity contribution in [1.82, 2.24) is 4.98 Å². The summed E-state index contributed by atoms with van der Waals surface area (Å²) in [5, 5.41) is 0.511. The Morgan fingerprint density at radius 3 is 1.41 bits per heavy atom. The van der Waals surface area contributed by atoms with E-state index in [9.17, 15) is 38.4 Å². The first-order valence-electron chi connectivity index (χ1n) is 17.4. The molecule has 0 saturated carbocycles. The van der Waals surface area contributed by atoms with Crippen LogP contribution in [0.3, 0.4) is 0 Å². The second kappa shape index (κ2) is 23.1. The highest BCUT2D eigenvalue weighted by Gasteiger charge is 2.24. The molecular formula is C38H43N3O18. The zero-order valence-electron chi connectivity index (χ0n) is 33.1. The molecule has 3 aromatic rings. The number of rotatable bonds is 22. The summed E-state index contributed by atoms with van der Waals surface area (Å²) >= 11 is 0. The van der Waals surface area contributed by atoms with Crippen molar-refractivity contribution >= 4 is 70.0 Å². The van der Waals surface area contributed by atoms with E-state index >= 15 is 0 Å². The molecule has 318 valence electrons. The molecule has 0 spiro atoms. The van der Waals surface area contributed by atoms with Crippen LogP contribution in [0.1, 0.15) is 39.0 Å². The number of methoxy groups -OCH3 is 1. The highest BCUT2D eigenvalue weighted by atomic mass is 16.7. The van der Waals surface area contributed by atoms with Crippen molar-refractivity contribution in [2.45, 2.75) is 41.2 Å². The predicted octanol–water partition coefficient (Wildman–Crippen LogP) is 2.00. The zero-order chi connectivity index (χ0) is 43.5. The molecule has 0 aliphatic heterocycles. The van der Waals surface area contributed by atoms with Gasteiger partial charge in [-0.1, -0.05) is 12.1 Å². The number of benzene rings is 2. The number of hydrogen-bond donors (Lipinski definition) is 0. The second-order valence-corrected chi connectivity index (χ2v) is 12.1. The molecule has 0 atom stereocenters. The second-order valence-electron chi connectivity index (χ2n) is 12.1. The molecule has 0 unspecified atom stereocenters. The highest BCUT2D eigenvalue weighted by Crippen LogP contribution is 2.33. The third kappa shape index (κ3) is 16.4. The van der Waals surface area contributed by atoms with E-state index in [0.717, 1.165) is 33.3 Å². The number of hydrogen-bond acceptors (Lipinski definition) is 21. The molecule has 0 radical (unpaired) electrons. The van der Waals surface area contributed by atoms with E-state index in [0.29, 0.717) is 16.8 Å². The van der Waals surface area contributed by atoms with Gasteiger partial charge >= 0.3 is 47.8 Å². The van der Waals surface area contributed by atoms with Crippen molar-refractivity contribution in [3.8, 4) is 11.5 Å². The first kappa shape index (κ1) is 46.2. The Morgan fingerprint density at radius 1 is 0.542 bits per heavy atom. The average Bonchev–Trinajstić information content (AvgIpc) is 3.15. The minimum Gasteiger partial charge on any atom is -0.497 e. The molecule has 0 amide bonds. The van der Waals surface area contributed by atoms with Gasteiger partial charge in [-0.2, -0.15) is 0 Å². The van der Waals surface area contributed by atoms with Gasteiger partial charge in [-0.25, -0.2) is 4.98 Å². The summed E-state index contributed by atoms with van der Waals surface area (Å²) in [5.74, 6) is -5.77. The topological polar surface area (TPSA) is 248 Å². The van der Waals surface area contributed by atoms with Gasteiger partial charge in [0.2, 0.25) is 27.2 Å². The van der Waals surface area contributed by atoms with Crippen LogP contribution in [0.4, 0.5) is 11.4 Å². The predicted molar refractivity (Wildman–Crippen MR) is 199 cm³/mol. The Labute approximate surface area is 337 Å². The first-order valence-corrected chi connectivity index (χ1v) is 17.4. The van der Waals surface area contributed by atoms with Gasteiger partial charge in [0.15, 0.2) is 0 Å². The van der Waals surface area contributed by atoms with Crippen molar-refractivity contribution in [1.29, 1.82) is 0 Å². The molecule has 0 saturated heterocycles. The number of ether oxygens (including phenoxy) is 10. The molecule has 21 heteroatoms. The monoisotopic (exact) mass is 829 g/mol. The van der Waals surface area contributed by atoms with E-state index in [1.54, 1.807) is 43.3 Å². The van der Waals surface area contributed by atoms with Crippen molar-refractivity contribution in [2.75, 3.05) is 70.3 Å². The molecular weight excluding hydrogens is 786 g/mol. The molecule has 3 rings (SSSR count). The fourth-order valence-electron chi connectivity index (χ4n) is 4.79. The van der Waals surface area contributed by atoms with Crippen LogP contribution in [0, 0.1) is 6.92 Å². The quantitative estimate of drug-likeness (QED) is 0.0798. The minimum absolute atomic E-state index is 0.190. The standard InChI is InChI=1S/C38H43N3O18/c1-23-7-10-31(40(14-34(46)56-19-52-24(2)42)15-35(47)57-20-53-25(3)43)33(11-23)51-18-29-9-8-28-12-30(50-6)13-32(38(28)39-29)41(16-36(48)58-21-54-26(4)44)17-37(49)59-22-55-27(5)45/h7-13H,14-22H2,1-6H3. The number of aromatic nitrogens is 1. The molecule has 0 aliphatic carbocycles. The number of carbonyl (C=O) groups excluding carboxylic acids is 8. The van der Waals surface area contributed by atoms with Crippen molar-refractivity contribution < 1.29 is 85.7 Å². The number of carbonyl (C=O) groups is 8. The van der Waals surface area contributed by atoms with Gasteiger partial charge in [0.1, 0.15) is 44.3 Å². The lowest BCUT2D eigenvalue weighted by molar-refractivity contribution is -0.167. The molecule has 0 fully saturated rings. The van der Waals surface area contributed by atoms with Crippen LogP contribution in [-0.2, 0) is 82.9 Å². The largest absolute Gasteiger partial charge is 0.497 e. The molecule has 0 bridgehead atoms. The van der Waals surface area contributed by atoms with Crippen LogP contribution in [-0.4, -0.2) is 113 Å². The molecule has 59 heavy (non-hydrogen) atoms. The van der Waals surface area contributed by atoms with Crippen LogP contribution in [0.5, 0.6) is 11.5 Å². The molecule has 1 aromatic heterocycles. The first-order chi connectivity index (χ1) is 28.0. The Balaban J connectivity index is 1.99. The summed E-state index contributed by atoms with van der Waals surface area (Å²) in [7, 11) is 1.41. The van der Waals surface area contributed by atoms with Gasteiger partial charge in [-0.15, -0.1) is 0 Å². The van der Waals surface area contributed by atoms with Crippen LogP contribution >= 0.6 is 0 Å². The molecule has 21 nitrogen and oxygen atoms in total. The number of fused-ring (bicyclic) bond motifs is 1. The lowest BCUT2D eigenvalue weighted by Gasteiger charge is -2.26. The van der Waals surface area contributed by atoms with Gasteiger partial charge in [0.05, 0.1) is 29.7 Å². The maximum atomic E-state index is 12.9. The summed E-state index contributed by atoms with van der Waals surface area (Å²) < 4.78 is 50.4. The average molecular weight is 830 g/mol. The summed E-state index contributed by atoms with van der Waals surface area (Å²) in [6.07, 6.45) is 0. The number of anilines is 2. The molecule has 1 heterocycles. The van der Waals surface area contributed by atoms with Gasteiger partial charge in [0, 0.05) is 39.1 Å². The Morgan fingerprint density at radius 2 is 0.983 bits per heavy atom. The lowest BCUT2D eigenvalue weighted by atomic mass is 10.1. The van der Waals surface area contributed by atoms with Gasteiger partial charge in [-0.3, -0.25) is 38.4 Å². The smallest absolute Gasteiger partial charge is 0.328 e. The Kier molecular flexibility index (Phi) is 18.1. The van der Waals surface area contributed by atoms with Crippen molar-refractivity contribution in [3.63, 3.8) is 0 Å². The van der Waals surface area contributed by atoms with E-state index in [4.69, 9.17) is 33.4 Å². The Bertz CT molecular complexity index is 1950. The van der Waals surface area contributed by atoms with Gasteiger partial charge in [0.25, 0.3) is 0 Å². The van der Waals surface area contributed by atoms with Crippen molar-refractivity contribution in [2.24, 2.45) is 0 Å². The van der Waals surface area contributed by atoms with E-state index in [1.165, 1.54) is 23.0 Å².